The van der Waals surface area contributed by atoms with E-state index in [0.29, 0.717) is 0 Å². The first-order valence-corrected chi connectivity index (χ1v) is 19.3. The van der Waals surface area contributed by atoms with Gasteiger partial charge in [-0.2, -0.15) is 0 Å². The molecule has 1 aromatic heterocycles. The molecule has 0 amide bonds. The van der Waals surface area contributed by atoms with Gasteiger partial charge in [-0.15, -0.1) is 11.3 Å². The summed E-state index contributed by atoms with van der Waals surface area (Å²) in [5.74, 6) is 0. The quantitative estimate of drug-likeness (QED) is 0.161. The van der Waals surface area contributed by atoms with E-state index in [1.54, 1.807) is 0 Å². The van der Waals surface area contributed by atoms with E-state index < -0.39 is 0 Å². The average molecular weight is 704 g/mol. The number of hydrogen-bond acceptors (Lipinski definition) is 2. The molecule has 0 saturated carbocycles. The lowest BCUT2D eigenvalue weighted by Crippen LogP contribution is -2.10. The van der Waals surface area contributed by atoms with Gasteiger partial charge in [0.2, 0.25) is 0 Å². The molecule has 0 N–H and O–H groups in total. The van der Waals surface area contributed by atoms with Crippen molar-refractivity contribution < 1.29 is 0 Å². The van der Waals surface area contributed by atoms with Crippen molar-refractivity contribution in [3.63, 3.8) is 0 Å². The Hall–Kier alpha value is -6.74. The summed E-state index contributed by atoms with van der Waals surface area (Å²) < 4.78 is 2.63. The van der Waals surface area contributed by atoms with Crippen molar-refractivity contribution in [2.45, 2.75) is 0 Å². The highest BCUT2D eigenvalue weighted by Crippen LogP contribution is 2.46. The molecule has 0 bridgehead atoms. The maximum absolute atomic E-state index is 2.46. The second kappa shape index (κ2) is 12.4. The van der Waals surface area contributed by atoms with E-state index in [2.05, 4.69) is 205 Å². The summed E-state index contributed by atoms with van der Waals surface area (Å²) in [5.41, 5.74) is 8.32. The van der Waals surface area contributed by atoms with Crippen LogP contribution in [0.4, 0.5) is 17.1 Å². The van der Waals surface area contributed by atoms with Crippen molar-refractivity contribution >= 4 is 91.7 Å². The van der Waals surface area contributed by atoms with Gasteiger partial charge in [-0.05, 0) is 108 Å². The third-order valence-corrected chi connectivity index (χ3v) is 12.2. The molecular weight excluding hydrogens is 671 g/mol. The van der Waals surface area contributed by atoms with Crippen LogP contribution in [0, 0.1) is 0 Å². The molecule has 0 atom stereocenters. The van der Waals surface area contributed by atoms with Crippen molar-refractivity contribution in [3.8, 4) is 22.3 Å². The fourth-order valence-corrected chi connectivity index (χ4v) is 9.68. The van der Waals surface area contributed by atoms with Gasteiger partial charge in [0.15, 0.2) is 0 Å². The van der Waals surface area contributed by atoms with E-state index in [4.69, 9.17) is 0 Å². The highest BCUT2D eigenvalue weighted by Gasteiger charge is 2.20. The molecule has 0 aliphatic rings. The lowest BCUT2D eigenvalue weighted by atomic mass is 9.92. The minimum atomic E-state index is 1.12. The standard InChI is InChI=1S/C52H33NS/c1-2-11-34(12-3-1)35-23-27-41(28-24-35)53(49-19-10-14-37-26-30-47-46-18-8-9-20-50(46)54-52(47)51(37)49)42-29-25-36-21-22-39(31-40(36)32-42)48-33-38-13-4-5-15-43(38)44-16-6-7-17-45(44)48/h1-33H. The maximum Gasteiger partial charge on any atom is 0.0554 e. The third-order valence-electron chi connectivity index (χ3n) is 11.0. The molecule has 0 aliphatic carbocycles. The highest BCUT2D eigenvalue weighted by molar-refractivity contribution is 7.26. The Bertz CT molecular complexity index is 3210. The first-order chi connectivity index (χ1) is 26.8. The number of benzene rings is 10. The van der Waals surface area contributed by atoms with Crippen LogP contribution in [-0.2, 0) is 0 Å². The first kappa shape index (κ1) is 30.8. The number of anilines is 3. The van der Waals surface area contributed by atoms with Crippen molar-refractivity contribution in [2.75, 3.05) is 4.90 Å². The van der Waals surface area contributed by atoms with Crippen LogP contribution in [-0.4, -0.2) is 0 Å². The third kappa shape index (κ3) is 4.99. The molecule has 11 rings (SSSR count). The van der Waals surface area contributed by atoms with Gasteiger partial charge in [0, 0.05) is 36.9 Å². The van der Waals surface area contributed by atoms with Crippen LogP contribution < -0.4 is 4.90 Å². The van der Waals surface area contributed by atoms with Gasteiger partial charge in [0.25, 0.3) is 0 Å². The fourth-order valence-electron chi connectivity index (χ4n) is 8.41. The number of fused-ring (bicyclic) bond motifs is 9. The molecule has 0 spiro atoms. The van der Waals surface area contributed by atoms with E-state index in [9.17, 15) is 0 Å². The van der Waals surface area contributed by atoms with Crippen LogP contribution in [0.15, 0.2) is 200 Å². The van der Waals surface area contributed by atoms with Crippen molar-refractivity contribution in [1.29, 1.82) is 0 Å². The topological polar surface area (TPSA) is 3.24 Å². The molecule has 1 heterocycles. The van der Waals surface area contributed by atoms with Crippen molar-refractivity contribution in [2.24, 2.45) is 0 Å². The van der Waals surface area contributed by atoms with Gasteiger partial charge in [-0.1, -0.05) is 152 Å². The monoisotopic (exact) mass is 703 g/mol. The lowest BCUT2D eigenvalue weighted by molar-refractivity contribution is 1.31. The number of nitrogens with zero attached hydrogens (tertiary/aromatic N) is 1. The van der Waals surface area contributed by atoms with Crippen molar-refractivity contribution in [3.05, 3.63) is 200 Å². The minimum absolute atomic E-state index is 1.12. The van der Waals surface area contributed by atoms with E-state index in [1.807, 2.05) is 11.3 Å². The van der Waals surface area contributed by atoms with E-state index in [0.717, 1.165) is 11.4 Å². The summed E-state index contributed by atoms with van der Waals surface area (Å²) in [6, 6.07) is 73.5. The summed E-state index contributed by atoms with van der Waals surface area (Å²) in [5, 5.41) is 12.7. The molecule has 252 valence electrons. The van der Waals surface area contributed by atoms with Crippen molar-refractivity contribution in [1.82, 2.24) is 0 Å². The molecule has 0 saturated heterocycles. The lowest BCUT2D eigenvalue weighted by Gasteiger charge is -2.27. The molecule has 10 aromatic carbocycles. The Labute approximate surface area is 317 Å². The van der Waals surface area contributed by atoms with Crippen LogP contribution in [0.3, 0.4) is 0 Å². The van der Waals surface area contributed by atoms with Gasteiger partial charge in [-0.25, -0.2) is 0 Å². The smallest absolute Gasteiger partial charge is 0.0554 e. The van der Waals surface area contributed by atoms with E-state index >= 15 is 0 Å². The highest BCUT2D eigenvalue weighted by atomic mass is 32.1. The Kier molecular flexibility index (Phi) is 7.11. The van der Waals surface area contributed by atoms with Gasteiger partial charge in [0.1, 0.15) is 0 Å². The van der Waals surface area contributed by atoms with Crippen LogP contribution in [0.1, 0.15) is 0 Å². The second-order valence-electron chi connectivity index (χ2n) is 14.1. The van der Waals surface area contributed by atoms with Crippen LogP contribution >= 0.6 is 11.3 Å². The van der Waals surface area contributed by atoms with Gasteiger partial charge >= 0.3 is 0 Å². The molecular formula is C52H33NS. The van der Waals surface area contributed by atoms with Crippen LogP contribution in [0.25, 0.3) is 85.5 Å². The number of hydrogen-bond donors (Lipinski definition) is 0. The molecule has 0 fully saturated rings. The summed E-state index contributed by atoms with van der Waals surface area (Å²) in [7, 11) is 0. The molecule has 0 radical (unpaired) electrons. The fraction of sp³-hybridized carbons (Fsp3) is 0. The summed E-state index contributed by atoms with van der Waals surface area (Å²) in [4.78, 5) is 2.46. The van der Waals surface area contributed by atoms with E-state index in [1.165, 1.54) is 91.2 Å². The maximum atomic E-state index is 2.46. The predicted octanol–water partition coefficient (Wildman–Crippen LogP) is 15.5. The Morgan fingerprint density at radius 2 is 0.981 bits per heavy atom. The van der Waals surface area contributed by atoms with Gasteiger partial charge < -0.3 is 4.90 Å². The molecule has 1 nitrogen and oxygen atoms in total. The Balaban J connectivity index is 1.13. The molecule has 2 heteroatoms. The molecule has 11 aromatic rings. The number of thiophene rings is 1. The Morgan fingerprint density at radius 3 is 1.85 bits per heavy atom. The second-order valence-corrected chi connectivity index (χ2v) is 15.2. The van der Waals surface area contributed by atoms with Crippen LogP contribution in [0.5, 0.6) is 0 Å². The summed E-state index contributed by atoms with van der Waals surface area (Å²) in [6.07, 6.45) is 0. The molecule has 0 unspecified atom stereocenters. The average Bonchev–Trinajstić information content (AvgIpc) is 3.63. The normalized spacial score (nSPS) is 11.7. The predicted molar refractivity (Wildman–Crippen MR) is 235 cm³/mol. The Morgan fingerprint density at radius 1 is 0.333 bits per heavy atom. The van der Waals surface area contributed by atoms with E-state index in [-0.39, 0.29) is 0 Å². The zero-order chi connectivity index (χ0) is 35.6. The molecule has 54 heavy (non-hydrogen) atoms. The summed E-state index contributed by atoms with van der Waals surface area (Å²) in [6.45, 7) is 0. The minimum Gasteiger partial charge on any atom is -0.310 e. The zero-order valence-corrected chi connectivity index (χ0v) is 30.2. The first-order valence-electron chi connectivity index (χ1n) is 18.5. The number of rotatable bonds is 5. The summed E-state index contributed by atoms with van der Waals surface area (Å²) >= 11 is 1.89. The zero-order valence-electron chi connectivity index (χ0n) is 29.4. The van der Waals surface area contributed by atoms with Crippen LogP contribution in [0.2, 0.25) is 0 Å². The SMILES string of the molecule is c1ccc(-c2ccc(N(c3ccc4ccc(-c5cc6ccccc6c6ccccc56)cc4c3)c3cccc4ccc5c6ccccc6sc5c34)cc2)cc1. The van der Waals surface area contributed by atoms with Gasteiger partial charge in [0.05, 0.1) is 5.69 Å². The van der Waals surface area contributed by atoms with Gasteiger partial charge in [-0.3, -0.25) is 0 Å². The molecule has 0 aliphatic heterocycles. The largest absolute Gasteiger partial charge is 0.310 e.